The largest absolute Gasteiger partial charge is 0.778 e. The Morgan fingerprint density at radius 1 is 1.40 bits per heavy atom. The number of hydrogen-bond acceptors (Lipinski definition) is 4. The second-order valence-electron chi connectivity index (χ2n) is 3.53. The molecule has 1 atom stereocenters. The number of aromatic hydroxyl groups is 1. The van der Waals surface area contributed by atoms with Crippen LogP contribution in [0.4, 0.5) is 0 Å². The van der Waals surface area contributed by atoms with Crippen molar-refractivity contribution in [3.05, 3.63) is 28.8 Å². The molecule has 1 aromatic carbocycles. The fraction of sp³-hybridized carbons (Fsp3) is 0.400. The molecule has 15 heavy (non-hydrogen) atoms. The summed E-state index contributed by atoms with van der Waals surface area (Å²) in [7, 11) is -2.64. The molecular weight excluding hydrogens is 215 g/mol. The van der Waals surface area contributed by atoms with Gasteiger partial charge in [0.05, 0.1) is 0 Å². The first-order valence-electron chi connectivity index (χ1n) is 4.50. The average Bonchev–Trinajstić information content (AvgIpc) is 2.13. The van der Waals surface area contributed by atoms with Crippen molar-refractivity contribution in [3.8, 4) is 5.75 Å². The van der Waals surface area contributed by atoms with E-state index >= 15 is 0 Å². The first kappa shape index (κ1) is 12.2. The van der Waals surface area contributed by atoms with Crippen LogP contribution in [0.3, 0.4) is 0 Å². The van der Waals surface area contributed by atoms with Crippen LogP contribution in [0, 0.1) is 13.8 Å². The Morgan fingerprint density at radius 2 is 1.87 bits per heavy atom. The summed E-state index contributed by atoms with van der Waals surface area (Å²) in [5, 5.41) is 9.51. The van der Waals surface area contributed by atoms with Crippen molar-refractivity contribution in [2.45, 2.75) is 20.0 Å². The van der Waals surface area contributed by atoms with Gasteiger partial charge >= 0.3 is 0 Å². The molecule has 0 fully saturated rings. The summed E-state index contributed by atoms with van der Waals surface area (Å²) >= 11 is 0. The molecule has 1 aromatic rings. The van der Waals surface area contributed by atoms with Gasteiger partial charge in [-0.2, -0.15) is 0 Å². The van der Waals surface area contributed by atoms with Crippen LogP contribution in [-0.2, 0) is 15.3 Å². The fourth-order valence-corrected chi connectivity index (χ4v) is 2.18. The smallest absolute Gasteiger partial charge is 0.139 e. The topological polar surface area (TPSA) is 69.6 Å². The molecule has 0 saturated carbocycles. The molecule has 84 valence electrons. The van der Waals surface area contributed by atoms with E-state index < -0.39 is 7.60 Å². The highest BCUT2D eigenvalue weighted by atomic mass is 31.2. The predicted octanol–water partition coefficient (Wildman–Crippen LogP) is 1.71. The molecule has 0 saturated heterocycles. The minimum atomic E-state index is -3.78. The molecule has 0 heterocycles. The van der Waals surface area contributed by atoms with E-state index in [1.54, 1.807) is 26.0 Å². The molecular formula is C10H14O4P-. The third-order valence-electron chi connectivity index (χ3n) is 2.21. The van der Waals surface area contributed by atoms with Gasteiger partial charge in [-0.1, -0.05) is 12.1 Å². The lowest BCUT2D eigenvalue weighted by Gasteiger charge is -2.21. The minimum absolute atomic E-state index is 0.147. The normalized spacial score (nSPS) is 14.9. The second kappa shape index (κ2) is 4.35. The molecule has 0 radical (unpaired) electrons. The molecule has 0 aromatic heterocycles. The Labute approximate surface area is 89.1 Å². The van der Waals surface area contributed by atoms with Crippen LogP contribution in [0.5, 0.6) is 5.75 Å². The Kier molecular flexibility index (Phi) is 3.55. The number of benzene rings is 1. The Morgan fingerprint density at radius 3 is 2.27 bits per heavy atom. The highest BCUT2D eigenvalue weighted by Crippen LogP contribution is 2.40. The van der Waals surface area contributed by atoms with Crippen LogP contribution in [0.15, 0.2) is 12.1 Å². The quantitative estimate of drug-likeness (QED) is 0.801. The molecule has 5 heteroatoms. The Hall–Kier alpha value is -0.830. The van der Waals surface area contributed by atoms with E-state index in [0.29, 0.717) is 16.7 Å². The van der Waals surface area contributed by atoms with Gasteiger partial charge in [0.1, 0.15) is 13.3 Å². The van der Waals surface area contributed by atoms with Gasteiger partial charge < -0.3 is 19.1 Å². The van der Waals surface area contributed by atoms with E-state index in [9.17, 15) is 14.6 Å². The molecule has 1 rings (SSSR count). The number of hydrogen-bond donors (Lipinski definition) is 1. The maximum absolute atomic E-state index is 11.2. The molecule has 0 bridgehead atoms. The first-order valence-corrected chi connectivity index (χ1v) is 6.23. The molecule has 0 aliphatic rings. The van der Waals surface area contributed by atoms with E-state index in [4.69, 9.17) is 0 Å². The van der Waals surface area contributed by atoms with Crippen LogP contribution in [0.25, 0.3) is 0 Å². The molecule has 1 N–H and O–H groups in total. The Bertz CT molecular complexity index is 391. The van der Waals surface area contributed by atoms with Gasteiger partial charge in [-0.05, 0) is 30.5 Å². The fourth-order valence-electron chi connectivity index (χ4n) is 1.43. The van der Waals surface area contributed by atoms with Crippen molar-refractivity contribution < 1.29 is 19.1 Å². The van der Waals surface area contributed by atoms with Gasteiger partial charge in [0.25, 0.3) is 0 Å². The van der Waals surface area contributed by atoms with Gasteiger partial charge in [0, 0.05) is 13.3 Å². The molecule has 0 aliphatic heterocycles. The molecule has 0 amide bonds. The maximum Gasteiger partial charge on any atom is 0.139 e. The summed E-state index contributed by atoms with van der Waals surface area (Å²) in [5.74, 6) is 0.205. The summed E-state index contributed by atoms with van der Waals surface area (Å²) in [5.41, 5.74) is 1.96. The van der Waals surface area contributed by atoms with E-state index in [-0.39, 0.29) is 11.9 Å². The summed E-state index contributed by atoms with van der Waals surface area (Å²) in [6.45, 7) is 3.46. The van der Waals surface area contributed by atoms with Gasteiger partial charge in [0.15, 0.2) is 0 Å². The monoisotopic (exact) mass is 229 g/mol. The van der Waals surface area contributed by atoms with Gasteiger partial charge in [-0.25, -0.2) is 0 Å². The van der Waals surface area contributed by atoms with Crippen molar-refractivity contribution in [2.75, 3.05) is 7.11 Å². The zero-order chi connectivity index (χ0) is 11.6. The van der Waals surface area contributed by atoms with Crippen molar-refractivity contribution in [1.82, 2.24) is 0 Å². The van der Waals surface area contributed by atoms with Gasteiger partial charge in [-0.15, -0.1) is 0 Å². The number of rotatable bonds is 3. The van der Waals surface area contributed by atoms with Crippen molar-refractivity contribution in [3.63, 3.8) is 0 Å². The van der Waals surface area contributed by atoms with Crippen molar-refractivity contribution in [2.24, 2.45) is 0 Å². The molecule has 4 nitrogen and oxygen atoms in total. The van der Waals surface area contributed by atoms with E-state index in [0.717, 1.165) is 7.11 Å². The van der Waals surface area contributed by atoms with Gasteiger partial charge in [-0.3, -0.25) is 0 Å². The van der Waals surface area contributed by atoms with Crippen LogP contribution in [-0.4, -0.2) is 12.2 Å². The minimum Gasteiger partial charge on any atom is -0.778 e. The van der Waals surface area contributed by atoms with E-state index in [2.05, 4.69) is 4.52 Å². The summed E-state index contributed by atoms with van der Waals surface area (Å²) < 4.78 is 15.6. The Balaban J connectivity index is 3.03. The molecule has 1 unspecified atom stereocenters. The number of aryl methyl sites for hydroxylation is 2. The summed E-state index contributed by atoms with van der Waals surface area (Å²) in [6, 6.07) is 3.29. The summed E-state index contributed by atoms with van der Waals surface area (Å²) in [4.78, 5) is 11.2. The van der Waals surface area contributed by atoms with Crippen molar-refractivity contribution >= 4 is 7.60 Å². The van der Waals surface area contributed by atoms with Crippen LogP contribution in [0.1, 0.15) is 16.7 Å². The highest BCUT2D eigenvalue weighted by Gasteiger charge is 2.10. The van der Waals surface area contributed by atoms with E-state index in [1.807, 2.05) is 0 Å². The van der Waals surface area contributed by atoms with E-state index in [1.165, 1.54) is 0 Å². The lowest BCUT2D eigenvalue weighted by Crippen LogP contribution is -2.05. The maximum atomic E-state index is 11.2. The van der Waals surface area contributed by atoms with Crippen LogP contribution in [0.2, 0.25) is 0 Å². The molecule has 0 aliphatic carbocycles. The number of phenols is 1. The average molecular weight is 229 g/mol. The third-order valence-corrected chi connectivity index (χ3v) is 3.51. The first-order chi connectivity index (χ1) is 6.85. The van der Waals surface area contributed by atoms with Crippen LogP contribution >= 0.6 is 7.60 Å². The zero-order valence-electron chi connectivity index (χ0n) is 8.98. The standard InChI is InChI=1S/C10H15O4P/c1-7-4-9(5-8(2)10(7)11)6-15(12,13)14-3/h4-5,11H,6H2,1-3H3,(H,12,13)/p-1. The lowest BCUT2D eigenvalue weighted by atomic mass is 10.1. The highest BCUT2D eigenvalue weighted by molar-refractivity contribution is 7.50. The predicted molar refractivity (Wildman–Crippen MR) is 55.9 cm³/mol. The molecule has 0 spiro atoms. The van der Waals surface area contributed by atoms with Gasteiger partial charge in [0.2, 0.25) is 0 Å². The third kappa shape index (κ3) is 3.06. The van der Waals surface area contributed by atoms with Crippen molar-refractivity contribution in [1.29, 1.82) is 0 Å². The summed E-state index contributed by atoms with van der Waals surface area (Å²) in [6.07, 6.45) is -0.147. The zero-order valence-corrected chi connectivity index (χ0v) is 9.88. The SMILES string of the molecule is COP(=O)([O-])Cc1cc(C)c(O)c(C)c1. The number of phenolic OH excluding ortho intramolecular Hbond substituents is 1. The van der Waals surface area contributed by atoms with Crippen LogP contribution < -0.4 is 4.89 Å². The second-order valence-corrected chi connectivity index (χ2v) is 5.43. The lowest BCUT2D eigenvalue weighted by molar-refractivity contribution is -0.196.